The summed E-state index contributed by atoms with van der Waals surface area (Å²) in [6.07, 6.45) is -0.833. The second-order valence-corrected chi connectivity index (χ2v) is 7.05. The van der Waals surface area contributed by atoms with Crippen LogP contribution in [0.3, 0.4) is 0 Å². The number of rotatable bonds is 8. The molecule has 0 aliphatic rings. The lowest BCUT2D eigenvalue weighted by Gasteiger charge is -2.26. The molecule has 0 heterocycles. The smallest absolute Gasteiger partial charge is 0.408 e. The number of amides is 2. The minimum Gasteiger partial charge on any atom is -0.445 e. The summed E-state index contributed by atoms with van der Waals surface area (Å²) in [6.45, 7) is 7.37. The highest BCUT2D eigenvalue weighted by molar-refractivity contribution is 5.69. The fraction of sp³-hybridized carbons (Fsp3) is 0.579. The Morgan fingerprint density at radius 2 is 1.81 bits per heavy atom. The lowest BCUT2D eigenvalue weighted by molar-refractivity contribution is 0.0409. The van der Waals surface area contributed by atoms with Gasteiger partial charge in [0.05, 0.1) is 12.1 Å². The average Bonchev–Trinajstić information content (AvgIpc) is 2.56. The third kappa shape index (κ3) is 9.27. The first-order chi connectivity index (χ1) is 12.2. The van der Waals surface area contributed by atoms with E-state index < -0.39 is 29.9 Å². The van der Waals surface area contributed by atoms with Gasteiger partial charge >= 0.3 is 12.2 Å². The van der Waals surface area contributed by atoms with Crippen LogP contribution in [-0.2, 0) is 16.1 Å². The van der Waals surface area contributed by atoms with E-state index in [9.17, 15) is 14.7 Å². The Kier molecular flexibility index (Phi) is 8.92. The predicted octanol–water partition coefficient (Wildman–Crippen LogP) is 2.97. The molecule has 0 bridgehead atoms. The van der Waals surface area contributed by atoms with Crippen LogP contribution in [0.25, 0.3) is 0 Å². The van der Waals surface area contributed by atoms with Gasteiger partial charge in [-0.2, -0.15) is 0 Å². The highest BCUT2D eigenvalue weighted by Gasteiger charge is 2.24. The molecule has 1 aromatic rings. The summed E-state index contributed by atoms with van der Waals surface area (Å²) in [5, 5.41) is 15.4. The Labute approximate surface area is 155 Å². The molecule has 0 spiro atoms. The molecule has 146 valence electrons. The van der Waals surface area contributed by atoms with E-state index in [1.54, 1.807) is 20.8 Å². The zero-order chi connectivity index (χ0) is 19.6. The maximum absolute atomic E-state index is 11.9. The molecule has 0 aliphatic heterocycles. The van der Waals surface area contributed by atoms with Gasteiger partial charge in [0.25, 0.3) is 0 Å². The van der Waals surface area contributed by atoms with E-state index in [0.717, 1.165) is 12.0 Å². The van der Waals surface area contributed by atoms with Crippen molar-refractivity contribution in [3.63, 3.8) is 0 Å². The van der Waals surface area contributed by atoms with E-state index in [-0.39, 0.29) is 13.2 Å². The molecule has 0 radical (unpaired) electrons. The summed E-state index contributed by atoms with van der Waals surface area (Å²) in [4.78, 5) is 23.8. The van der Waals surface area contributed by atoms with Gasteiger partial charge in [0.1, 0.15) is 12.2 Å². The average molecular weight is 366 g/mol. The fourth-order valence-corrected chi connectivity index (χ4v) is 2.21. The van der Waals surface area contributed by atoms with Crippen molar-refractivity contribution < 1.29 is 24.2 Å². The molecular weight excluding hydrogens is 336 g/mol. The number of hydrogen-bond acceptors (Lipinski definition) is 5. The van der Waals surface area contributed by atoms with Gasteiger partial charge in [-0.25, -0.2) is 9.59 Å². The van der Waals surface area contributed by atoms with Crippen LogP contribution in [0.15, 0.2) is 30.3 Å². The first-order valence-electron chi connectivity index (χ1n) is 8.83. The minimum absolute atomic E-state index is 0.0357. The van der Waals surface area contributed by atoms with Gasteiger partial charge < -0.3 is 25.2 Å². The van der Waals surface area contributed by atoms with E-state index in [1.165, 1.54) is 0 Å². The van der Waals surface area contributed by atoms with Gasteiger partial charge in [-0.15, -0.1) is 0 Å². The van der Waals surface area contributed by atoms with E-state index in [1.807, 2.05) is 37.3 Å². The number of aliphatic hydroxyl groups is 1. The number of carbonyl (C=O) groups excluding carboxylic acids is 2. The summed E-state index contributed by atoms with van der Waals surface area (Å²) in [5.41, 5.74) is 0.226. The number of hydrogen-bond donors (Lipinski definition) is 3. The molecule has 7 heteroatoms. The third-order valence-electron chi connectivity index (χ3n) is 3.43. The summed E-state index contributed by atoms with van der Waals surface area (Å²) < 4.78 is 10.3. The largest absolute Gasteiger partial charge is 0.445 e. The molecule has 2 amide bonds. The maximum atomic E-state index is 11.9. The van der Waals surface area contributed by atoms with Crippen LogP contribution in [0.5, 0.6) is 0 Å². The van der Waals surface area contributed by atoms with Gasteiger partial charge in [0, 0.05) is 6.54 Å². The Bertz CT molecular complexity index is 557. The van der Waals surface area contributed by atoms with Crippen LogP contribution in [-0.4, -0.2) is 41.6 Å². The van der Waals surface area contributed by atoms with Gasteiger partial charge in [-0.05, 0) is 32.8 Å². The molecule has 7 nitrogen and oxygen atoms in total. The fourth-order valence-electron chi connectivity index (χ4n) is 2.21. The van der Waals surface area contributed by atoms with Crippen LogP contribution >= 0.6 is 0 Å². The zero-order valence-electron chi connectivity index (χ0n) is 16.0. The van der Waals surface area contributed by atoms with Crippen LogP contribution in [0.1, 0.15) is 46.1 Å². The Balaban J connectivity index is 2.51. The van der Waals surface area contributed by atoms with E-state index >= 15 is 0 Å². The van der Waals surface area contributed by atoms with Crippen molar-refractivity contribution >= 4 is 12.2 Å². The SMILES string of the molecule is CCC[C@H](O)[C@@H](CNC(=O)OCc1ccccc1)NC(=O)OC(C)(C)C. The number of nitrogens with one attached hydrogen (secondary N) is 2. The normalized spacial score (nSPS) is 13.4. The summed E-state index contributed by atoms with van der Waals surface area (Å²) in [7, 11) is 0. The summed E-state index contributed by atoms with van der Waals surface area (Å²) in [5.74, 6) is 0. The Morgan fingerprint density at radius 1 is 1.15 bits per heavy atom. The molecule has 1 rings (SSSR count). The summed E-state index contributed by atoms with van der Waals surface area (Å²) in [6, 6.07) is 8.63. The standard InChI is InChI=1S/C19H30N2O5/c1-5-9-16(22)15(21-18(24)26-19(2,3)4)12-20-17(23)25-13-14-10-7-6-8-11-14/h6-8,10-11,15-16,22H,5,9,12-13H2,1-4H3,(H,20,23)(H,21,24)/t15-,16+/m1/s1. The molecule has 26 heavy (non-hydrogen) atoms. The molecule has 0 fully saturated rings. The van der Waals surface area contributed by atoms with E-state index in [2.05, 4.69) is 10.6 Å². The van der Waals surface area contributed by atoms with Gasteiger partial charge in [0.2, 0.25) is 0 Å². The Morgan fingerprint density at radius 3 is 2.38 bits per heavy atom. The lowest BCUT2D eigenvalue weighted by atomic mass is 10.1. The topological polar surface area (TPSA) is 96.9 Å². The molecule has 0 saturated heterocycles. The second kappa shape index (κ2) is 10.7. The quantitative estimate of drug-likeness (QED) is 0.657. The highest BCUT2D eigenvalue weighted by Crippen LogP contribution is 2.08. The van der Waals surface area contributed by atoms with Crippen molar-refractivity contribution in [3.05, 3.63) is 35.9 Å². The van der Waals surface area contributed by atoms with Crippen molar-refractivity contribution in [1.82, 2.24) is 10.6 Å². The summed E-state index contributed by atoms with van der Waals surface area (Å²) >= 11 is 0. The zero-order valence-corrected chi connectivity index (χ0v) is 16.0. The van der Waals surface area contributed by atoms with Crippen molar-refractivity contribution in [2.24, 2.45) is 0 Å². The molecule has 3 N–H and O–H groups in total. The minimum atomic E-state index is -0.804. The lowest BCUT2D eigenvalue weighted by Crippen LogP contribution is -2.51. The highest BCUT2D eigenvalue weighted by atomic mass is 16.6. The van der Waals surface area contributed by atoms with Gasteiger partial charge in [0.15, 0.2) is 0 Å². The molecule has 2 atom stereocenters. The first-order valence-corrected chi connectivity index (χ1v) is 8.83. The Hall–Kier alpha value is -2.28. The van der Waals surface area contributed by atoms with Crippen LogP contribution in [0.2, 0.25) is 0 Å². The van der Waals surface area contributed by atoms with E-state index in [4.69, 9.17) is 9.47 Å². The van der Waals surface area contributed by atoms with Gasteiger partial charge in [-0.1, -0.05) is 43.7 Å². The monoisotopic (exact) mass is 366 g/mol. The predicted molar refractivity (Wildman–Crippen MR) is 98.7 cm³/mol. The number of aliphatic hydroxyl groups excluding tert-OH is 1. The maximum Gasteiger partial charge on any atom is 0.408 e. The molecule has 1 aromatic carbocycles. The van der Waals surface area contributed by atoms with Crippen LogP contribution < -0.4 is 10.6 Å². The first kappa shape index (κ1) is 21.8. The van der Waals surface area contributed by atoms with Crippen molar-refractivity contribution in [3.8, 4) is 0 Å². The van der Waals surface area contributed by atoms with Crippen molar-refractivity contribution in [2.45, 2.75) is 64.9 Å². The third-order valence-corrected chi connectivity index (χ3v) is 3.43. The number of benzene rings is 1. The van der Waals surface area contributed by atoms with Gasteiger partial charge in [-0.3, -0.25) is 0 Å². The molecular formula is C19H30N2O5. The van der Waals surface area contributed by atoms with Crippen LogP contribution in [0.4, 0.5) is 9.59 Å². The molecule has 0 aliphatic carbocycles. The molecule has 0 saturated carbocycles. The van der Waals surface area contributed by atoms with Crippen molar-refractivity contribution in [2.75, 3.05) is 6.54 Å². The van der Waals surface area contributed by atoms with E-state index in [0.29, 0.717) is 6.42 Å². The number of ether oxygens (including phenoxy) is 2. The molecule has 0 unspecified atom stereocenters. The molecule has 0 aromatic heterocycles. The number of carbonyl (C=O) groups is 2. The van der Waals surface area contributed by atoms with Crippen molar-refractivity contribution in [1.29, 1.82) is 0 Å². The van der Waals surface area contributed by atoms with Crippen LogP contribution in [0, 0.1) is 0 Å². The second-order valence-electron chi connectivity index (χ2n) is 7.05. The number of alkyl carbamates (subject to hydrolysis) is 2.